The fourth-order valence-corrected chi connectivity index (χ4v) is 1.96. The first-order valence-corrected chi connectivity index (χ1v) is 6.99. The lowest BCUT2D eigenvalue weighted by molar-refractivity contribution is 0.174. The van der Waals surface area contributed by atoms with Crippen LogP contribution in [-0.4, -0.2) is 12.7 Å². The van der Waals surface area contributed by atoms with E-state index in [0.29, 0.717) is 17.1 Å². The van der Waals surface area contributed by atoms with E-state index in [-0.39, 0.29) is 6.61 Å². The molecule has 2 aromatic rings. The quantitative estimate of drug-likeness (QED) is 0.876. The molecule has 0 aromatic heterocycles. The maximum atomic E-state index is 11.5. The third-order valence-electron chi connectivity index (χ3n) is 2.76. The van der Waals surface area contributed by atoms with Gasteiger partial charge in [0.2, 0.25) is 0 Å². The van der Waals surface area contributed by atoms with Gasteiger partial charge >= 0.3 is 6.09 Å². The smallest absolute Gasteiger partial charge is 0.411 e. The first kappa shape index (κ1) is 15.1. The van der Waals surface area contributed by atoms with Gasteiger partial charge in [-0.1, -0.05) is 60.1 Å². The summed E-state index contributed by atoms with van der Waals surface area (Å²) >= 11 is 6.11. The summed E-state index contributed by atoms with van der Waals surface area (Å²) < 4.78 is 5.04. The van der Waals surface area contributed by atoms with Crippen molar-refractivity contribution in [2.45, 2.75) is 6.42 Å². The van der Waals surface area contributed by atoms with Gasteiger partial charge in [-0.3, -0.25) is 5.32 Å². The van der Waals surface area contributed by atoms with Crippen molar-refractivity contribution in [3.05, 3.63) is 77.3 Å². The summed E-state index contributed by atoms with van der Waals surface area (Å²) in [6, 6.07) is 19.0. The predicted octanol–water partition coefficient (Wildman–Crippen LogP) is 4.60. The highest BCUT2D eigenvalue weighted by molar-refractivity contribution is 6.29. The van der Waals surface area contributed by atoms with Gasteiger partial charge in [0.25, 0.3) is 0 Å². The standard InChI is InChI=1S/C17H16ClNO2/c18-15(13-14-7-3-1-4-8-14)11-12-21-17(20)19-16-9-5-2-6-10-16/h1-11H,12-13H2,(H,19,20)/b15-11-. The number of anilines is 1. The Morgan fingerprint density at radius 1 is 1.05 bits per heavy atom. The van der Waals surface area contributed by atoms with Crippen LogP contribution in [0.5, 0.6) is 0 Å². The lowest BCUT2D eigenvalue weighted by atomic mass is 10.1. The van der Waals surface area contributed by atoms with Crippen LogP contribution in [0.2, 0.25) is 0 Å². The number of benzene rings is 2. The van der Waals surface area contributed by atoms with E-state index in [4.69, 9.17) is 16.3 Å². The van der Waals surface area contributed by atoms with E-state index in [1.165, 1.54) is 0 Å². The number of halogens is 1. The minimum Gasteiger partial charge on any atom is -0.445 e. The summed E-state index contributed by atoms with van der Waals surface area (Å²) in [5.41, 5.74) is 1.81. The number of nitrogens with one attached hydrogen (secondary N) is 1. The molecule has 1 N–H and O–H groups in total. The van der Waals surface area contributed by atoms with Crippen LogP contribution in [-0.2, 0) is 11.2 Å². The molecule has 0 heterocycles. The molecule has 108 valence electrons. The number of hydrogen-bond donors (Lipinski definition) is 1. The third-order valence-corrected chi connectivity index (χ3v) is 3.04. The van der Waals surface area contributed by atoms with Gasteiger partial charge in [0.1, 0.15) is 6.61 Å². The van der Waals surface area contributed by atoms with Crippen molar-refractivity contribution in [3.8, 4) is 0 Å². The molecule has 0 radical (unpaired) electrons. The van der Waals surface area contributed by atoms with Crippen molar-refractivity contribution in [2.75, 3.05) is 11.9 Å². The van der Waals surface area contributed by atoms with Crippen LogP contribution < -0.4 is 5.32 Å². The Hall–Kier alpha value is -2.26. The van der Waals surface area contributed by atoms with Crippen LogP contribution in [0, 0.1) is 0 Å². The van der Waals surface area contributed by atoms with E-state index in [1.54, 1.807) is 18.2 Å². The fraction of sp³-hybridized carbons (Fsp3) is 0.118. The number of hydrogen-bond acceptors (Lipinski definition) is 2. The lowest BCUT2D eigenvalue weighted by Crippen LogP contribution is -2.13. The van der Waals surface area contributed by atoms with Gasteiger partial charge in [-0.05, 0) is 23.8 Å². The zero-order valence-corrected chi connectivity index (χ0v) is 12.2. The second-order valence-corrected chi connectivity index (χ2v) is 4.89. The van der Waals surface area contributed by atoms with Crippen molar-refractivity contribution >= 4 is 23.4 Å². The van der Waals surface area contributed by atoms with Crippen LogP contribution >= 0.6 is 11.6 Å². The summed E-state index contributed by atoms with van der Waals surface area (Å²) in [6.07, 6.45) is 1.83. The fourth-order valence-electron chi connectivity index (χ4n) is 1.75. The molecule has 0 saturated carbocycles. The minimum atomic E-state index is -0.498. The molecule has 1 amide bonds. The maximum absolute atomic E-state index is 11.5. The van der Waals surface area contributed by atoms with Gasteiger partial charge in [0, 0.05) is 17.1 Å². The Morgan fingerprint density at radius 2 is 1.67 bits per heavy atom. The molecule has 2 aromatic carbocycles. The Bertz CT molecular complexity index is 597. The second-order valence-electron chi connectivity index (χ2n) is 4.40. The summed E-state index contributed by atoms with van der Waals surface area (Å²) in [6.45, 7) is 0.143. The molecule has 4 heteroatoms. The summed E-state index contributed by atoms with van der Waals surface area (Å²) in [7, 11) is 0. The van der Waals surface area contributed by atoms with E-state index >= 15 is 0 Å². The zero-order valence-electron chi connectivity index (χ0n) is 11.5. The SMILES string of the molecule is O=C(Nc1ccccc1)OC/C=C(\Cl)Cc1ccccc1. The summed E-state index contributed by atoms with van der Waals surface area (Å²) in [4.78, 5) is 11.5. The number of ether oxygens (including phenoxy) is 1. The van der Waals surface area contributed by atoms with E-state index in [2.05, 4.69) is 5.32 Å². The normalized spacial score (nSPS) is 11.0. The molecule has 0 unspecified atom stereocenters. The predicted molar refractivity (Wildman–Crippen MR) is 85.5 cm³/mol. The minimum absolute atomic E-state index is 0.143. The van der Waals surface area contributed by atoms with Gasteiger partial charge in [-0.15, -0.1) is 0 Å². The Balaban J connectivity index is 1.75. The molecule has 0 aliphatic carbocycles. The van der Waals surface area contributed by atoms with Crippen LogP contribution in [0.4, 0.5) is 10.5 Å². The third kappa shape index (κ3) is 5.71. The molecule has 0 spiro atoms. The monoisotopic (exact) mass is 301 g/mol. The number of carbonyl (C=O) groups is 1. The van der Waals surface area contributed by atoms with Gasteiger partial charge < -0.3 is 4.74 Å². The van der Waals surface area contributed by atoms with Crippen molar-refractivity contribution in [3.63, 3.8) is 0 Å². The van der Waals surface area contributed by atoms with E-state index in [1.807, 2.05) is 48.5 Å². The van der Waals surface area contributed by atoms with Crippen molar-refractivity contribution < 1.29 is 9.53 Å². The van der Waals surface area contributed by atoms with Crippen LogP contribution in [0.1, 0.15) is 5.56 Å². The maximum Gasteiger partial charge on any atom is 0.411 e. The molecular weight excluding hydrogens is 286 g/mol. The van der Waals surface area contributed by atoms with E-state index in [0.717, 1.165) is 5.56 Å². The highest BCUT2D eigenvalue weighted by Gasteiger charge is 2.02. The van der Waals surface area contributed by atoms with Gasteiger partial charge in [-0.25, -0.2) is 4.79 Å². The first-order chi connectivity index (χ1) is 10.2. The average molecular weight is 302 g/mol. The number of allylic oxidation sites excluding steroid dienone is 1. The Morgan fingerprint density at radius 3 is 2.33 bits per heavy atom. The first-order valence-electron chi connectivity index (χ1n) is 6.61. The average Bonchev–Trinajstić information content (AvgIpc) is 2.49. The molecule has 0 fully saturated rings. The largest absolute Gasteiger partial charge is 0.445 e. The number of rotatable bonds is 5. The number of carbonyl (C=O) groups excluding carboxylic acids is 1. The number of amides is 1. The Kier molecular flexibility index (Phi) is 5.85. The highest BCUT2D eigenvalue weighted by atomic mass is 35.5. The summed E-state index contributed by atoms with van der Waals surface area (Å²) in [5, 5.41) is 3.28. The molecule has 0 atom stereocenters. The zero-order chi connectivity index (χ0) is 14.9. The van der Waals surface area contributed by atoms with Crippen molar-refractivity contribution in [1.29, 1.82) is 0 Å². The van der Waals surface area contributed by atoms with Gasteiger partial charge in [0.15, 0.2) is 0 Å². The topological polar surface area (TPSA) is 38.3 Å². The molecule has 0 bridgehead atoms. The highest BCUT2D eigenvalue weighted by Crippen LogP contribution is 2.11. The van der Waals surface area contributed by atoms with Gasteiger partial charge in [-0.2, -0.15) is 0 Å². The lowest BCUT2D eigenvalue weighted by Gasteiger charge is -2.05. The van der Waals surface area contributed by atoms with Gasteiger partial charge in [0.05, 0.1) is 0 Å². The molecule has 21 heavy (non-hydrogen) atoms. The van der Waals surface area contributed by atoms with E-state index in [9.17, 15) is 4.79 Å². The second kappa shape index (κ2) is 8.12. The number of para-hydroxylation sites is 1. The van der Waals surface area contributed by atoms with Crippen molar-refractivity contribution in [2.24, 2.45) is 0 Å². The Labute approximate surface area is 129 Å². The summed E-state index contributed by atoms with van der Waals surface area (Å²) in [5.74, 6) is 0. The van der Waals surface area contributed by atoms with Crippen molar-refractivity contribution in [1.82, 2.24) is 0 Å². The van der Waals surface area contributed by atoms with Crippen LogP contribution in [0.25, 0.3) is 0 Å². The molecule has 0 saturated heterocycles. The molecule has 3 nitrogen and oxygen atoms in total. The van der Waals surface area contributed by atoms with E-state index < -0.39 is 6.09 Å². The van der Waals surface area contributed by atoms with Crippen LogP contribution in [0.3, 0.4) is 0 Å². The van der Waals surface area contributed by atoms with Crippen LogP contribution in [0.15, 0.2) is 71.8 Å². The molecule has 0 aliphatic heterocycles. The molecule has 0 aliphatic rings. The molecule has 2 rings (SSSR count). The molecular formula is C17H16ClNO2.